The summed E-state index contributed by atoms with van der Waals surface area (Å²) in [5, 5.41) is 9.27. The molecule has 1 fully saturated rings. The SMILES string of the molecule is CCC(C(=O)O)N(C)C(=O)C1(c2cccc(C)c2)CCC1. The summed E-state index contributed by atoms with van der Waals surface area (Å²) in [5.74, 6) is -0.999. The molecular weight excluding hydrogens is 266 g/mol. The van der Waals surface area contributed by atoms with Crippen LogP contribution in [0.15, 0.2) is 24.3 Å². The Bertz CT molecular complexity index is 549. The second-order valence-corrected chi connectivity index (χ2v) is 5.98. The molecule has 1 N–H and O–H groups in total. The van der Waals surface area contributed by atoms with Gasteiger partial charge in [0.2, 0.25) is 5.91 Å². The van der Waals surface area contributed by atoms with Gasteiger partial charge in [-0.2, -0.15) is 0 Å². The van der Waals surface area contributed by atoms with Gasteiger partial charge in [0, 0.05) is 7.05 Å². The van der Waals surface area contributed by atoms with Crippen molar-refractivity contribution < 1.29 is 14.7 Å². The highest BCUT2D eigenvalue weighted by molar-refractivity contribution is 5.92. The molecule has 2 rings (SSSR count). The highest BCUT2D eigenvalue weighted by Crippen LogP contribution is 2.45. The molecule has 1 aromatic rings. The molecule has 1 unspecified atom stereocenters. The minimum atomic E-state index is -0.938. The third-order valence-corrected chi connectivity index (χ3v) is 4.65. The molecule has 1 atom stereocenters. The number of rotatable bonds is 5. The normalized spacial score (nSPS) is 17.7. The van der Waals surface area contributed by atoms with Gasteiger partial charge < -0.3 is 10.0 Å². The van der Waals surface area contributed by atoms with Gasteiger partial charge in [-0.25, -0.2) is 4.79 Å². The van der Waals surface area contributed by atoms with Gasteiger partial charge in [0.25, 0.3) is 0 Å². The first kappa shape index (κ1) is 15.5. The summed E-state index contributed by atoms with van der Waals surface area (Å²) in [4.78, 5) is 25.7. The summed E-state index contributed by atoms with van der Waals surface area (Å²) in [6.07, 6.45) is 3.03. The van der Waals surface area contributed by atoms with Crippen molar-refractivity contribution in [1.29, 1.82) is 0 Å². The van der Waals surface area contributed by atoms with Gasteiger partial charge in [-0.05, 0) is 31.7 Å². The molecule has 0 aromatic heterocycles. The van der Waals surface area contributed by atoms with Crippen molar-refractivity contribution in [2.24, 2.45) is 0 Å². The van der Waals surface area contributed by atoms with Crippen LogP contribution >= 0.6 is 0 Å². The maximum absolute atomic E-state index is 12.9. The Labute approximate surface area is 125 Å². The zero-order valence-corrected chi connectivity index (χ0v) is 12.9. The second-order valence-electron chi connectivity index (χ2n) is 5.98. The van der Waals surface area contributed by atoms with Crippen molar-refractivity contribution in [3.05, 3.63) is 35.4 Å². The Morgan fingerprint density at radius 3 is 2.48 bits per heavy atom. The average Bonchev–Trinajstić information content (AvgIpc) is 2.37. The van der Waals surface area contributed by atoms with Crippen LogP contribution < -0.4 is 0 Å². The van der Waals surface area contributed by atoms with Crippen LogP contribution in [0.25, 0.3) is 0 Å². The van der Waals surface area contributed by atoms with Crippen molar-refractivity contribution >= 4 is 11.9 Å². The van der Waals surface area contributed by atoms with E-state index in [4.69, 9.17) is 0 Å². The summed E-state index contributed by atoms with van der Waals surface area (Å²) in [6, 6.07) is 7.26. The van der Waals surface area contributed by atoms with Crippen molar-refractivity contribution in [2.75, 3.05) is 7.05 Å². The molecule has 1 aliphatic rings. The van der Waals surface area contributed by atoms with Crippen molar-refractivity contribution in [3.8, 4) is 0 Å². The zero-order valence-electron chi connectivity index (χ0n) is 12.9. The van der Waals surface area contributed by atoms with E-state index in [9.17, 15) is 14.7 Å². The lowest BCUT2D eigenvalue weighted by Gasteiger charge is -2.44. The molecule has 4 heteroatoms. The number of benzene rings is 1. The van der Waals surface area contributed by atoms with Gasteiger partial charge in [0.15, 0.2) is 0 Å². The first-order chi connectivity index (χ1) is 9.92. The summed E-state index contributed by atoms with van der Waals surface area (Å²) >= 11 is 0. The predicted octanol–water partition coefficient (Wildman–Crippen LogP) is 2.74. The molecule has 0 radical (unpaired) electrons. The topological polar surface area (TPSA) is 57.6 Å². The number of amides is 1. The van der Waals surface area contributed by atoms with Gasteiger partial charge in [-0.1, -0.05) is 43.2 Å². The third kappa shape index (κ3) is 2.67. The third-order valence-electron chi connectivity index (χ3n) is 4.65. The predicted molar refractivity (Wildman–Crippen MR) is 81.2 cm³/mol. The summed E-state index contributed by atoms with van der Waals surface area (Å²) in [7, 11) is 1.61. The van der Waals surface area contributed by atoms with Crippen LogP contribution in [-0.2, 0) is 15.0 Å². The van der Waals surface area contributed by atoms with Crippen molar-refractivity contribution in [2.45, 2.75) is 51.0 Å². The van der Waals surface area contributed by atoms with E-state index in [0.717, 1.165) is 30.4 Å². The van der Waals surface area contributed by atoms with E-state index in [1.54, 1.807) is 14.0 Å². The van der Waals surface area contributed by atoms with Gasteiger partial charge in [-0.15, -0.1) is 0 Å². The number of likely N-dealkylation sites (N-methyl/N-ethyl adjacent to an activating group) is 1. The maximum Gasteiger partial charge on any atom is 0.326 e. The molecule has 0 saturated heterocycles. The smallest absolute Gasteiger partial charge is 0.326 e. The van der Waals surface area contributed by atoms with E-state index in [2.05, 4.69) is 0 Å². The fourth-order valence-corrected chi connectivity index (χ4v) is 3.19. The number of carbonyl (C=O) groups is 2. The lowest BCUT2D eigenvalue weighted by Crippen LogP contribution is -2.54. The lowest BCUT2D eigenvalue weighted by molar-refractivity contribution is -0.153. The average molecular weight is 289 g/mol. The summed E-state index contributed by atoms with van der Waals surface area (Å²) < 4.78 is 0. The number of carboxylic acids is 1. The highest BCUT2D eigenvalue weighted by atomic mass is 16.4. The van der Waals surface area contributed by atoms with Gasteiger partial charge in [0.05, 0.1) is 5.41 Å². The van der Waals surface area contributed by atoms with Gasteiger partial charge in [0.1, 0.15) is 6.04 Å². The molecule has 1 aromatic carbocycles. The number of nitrogens with zero attached hydrogens (tertiary/aromatic N) is 1. The lowest BCUT2D eigenvalue weighted by atomic mass is 9.63. The Balaban J connectivity index is 2.32. The van der Waals surface area contributed by atoms with Crippen LogP contribution in [0.1, 0.15) is 43.7 Å². The minimum absolute atomic E-state index is 0.0615. The first-order valence-corrected chi connectivity index (χ1v) is 7.49. The van der Waals surface area contributed by atoms with Crippen molar-refractivity contribution in [1.82, 2.24) is 4.90 Å². The Morgan fingerprint density at radius 2 is 2.05 bits per heavy atom. The fraction of sp³-hybridized carbons (Fsp3) is 0.529. The highest BCUT2D eigenvalue weighted by Gasteiger charge is 2.48. The Morgan fingerprint density at radius 1 is 1.38 bits per heavy atom. The summed E-state index contributed by atoms with van der Waals surface area (Å²) in [5.41, 5.74) is 1.62. The van der Waals surface area contributed by atoms with Crippen LogP contribution in [0.5, 0.6) is 0 Å². The Kier molecular flexibility index (Phi) is 4.35. The van der Waals surface area contributed by atoms with E-state index in [-0.39, 0.29) is 5.91 Å². The molecule has 21 heavy (non-hydrogen) atoms. The van der Waals surface area contributed by atoms with Gasteiger partial charge >= 0.3 is 5.97 Å². The number of aryl methyl sites for hydroxylation is 1. The van der Waals surface area contributed by atoms with E-state index < -0.39 is 17.4 Å². The van der Waals surface area contributed by atoms with Crippen LogP contribution in [0.2, 0.25) is 0 Å². The Hall–Kier alpha value is -1.84. The monoisotopic (exact) mass is 289 g/mol. The first-order valence-electron chi connectivity index (χ1n) is 7.49. The molecular formula is C17H23NO3. The van der Waals surface area contributed by atoms with Crippen LogP contribution in [0.4, 0.5) is 0 Å². The van der Waals surface area contributed by atoms with E-state index in [1.807, 2.05) is 31.2 Å². The molecule has 1 amide bonds. The maximum atomic E-state index is 12.9. The molecule has 1 saturated carbocycles. The largest absolute Gasteiger partial charge is 0.480 e. The molecule has 0 bridgehead atoms. The molecule has 0 spiro atoms. The summed E-state index contributed by atoms with van der Waals surface area (Å²) in [6.45, 7) is 3.80. The zero-order chi connectivity index (χ0) is 15.6. The second kappa shape index (κ2) is 5.88. The van der Waals surface area contributed by atoms with Crippen LogP contribution in [0, 0.1) is 6.92 Å². The number of aliphatic carboxylic acids is 1. The van der Waals surface area contributed by atoms with Gasteiger partial charge in [-0.3, -0.25) is 4.79 Å². The number of hydrogen-bond acceptors (Lipinski definition) is 2. The molecule has 0 heterocycles. The molecule has 0 aliphatic heterocycles. The van der Waals surface area contributed by atoms with Crippen molar-refractivity contribution in [3.63, 3.8) is 0 Å². The number of carbonyl (C=O) groups excluding carboxylic acids is 1. The van der Waals surface area contributed by atoms with Crippen LogP contribution in [-0.4, -0.2) is 35.0 Å². The number of hydrogen-bond donors (Lipinski definition) is 1. The van der Waals surface area contributed by atoms with Crippen LogP contribution in [0.3, 0.4) is 0 Å². The standard InChI is InChI=1S/C17H23NO3/c1-4-14(15(19)20)18(3)16(21)17(9-6-10-17)13-8-5-7-12(2)11-13/h5,7-8,11,14H,4,6,9-10H2,1-3H3,(H,19,20). The fourth-order valence-electron chi connectivity index (χ4n) is 3.19. The number of carboxylic acid groups (broad SMARTS) is 1. The molecule has 4 nitrogen and oxygen atoms in total. The molecule has 1 aliphatic carbocycles. The minimum Gasteiger partial charge on any atom is -0.480 e. The quantitative estimate of drug-likeness (QED) is 0.906. The van der Waals surface area contributed by atoms with E-state index in [0.29, 0.717) is 6.42 Å². The molecule has 114 valence electrons. The van der Waals surface area contributed by atoms with E-state index in [1.165, 1.54) is 4.90 Å². The van der Waals surface area contributed by atoms with E-state index >= 15 is 0 Å².